The lowest BCUT2D eigenvalue weighted by atomic mass is 10.0. The molecule has 258 valence electrons. The topological polar surface area (TPSA) is 93.1 Å². The van der Waals surface area contributed by atoms with Crippen LogP contribution in [0.2, 0.25) is 0 Å². The van der Waals surface area contributed by atoms with Crippen molar-refractivity contribution < 1.29 is 29.3 Å². The van der Waals surface area contributed by atoms with E-state index < -0.39 is 12.2 Å². The third-order valence-electron chi connectivity index (χ3n) is 7.35. The van der Waals surface area contributed by atoms with E-state index in [4.69, 9.17) is 9.47 Å². The second-order valence-corrected chi connectivity index (χ2v) is 11.8. The maximum absolute atomic E-state index is 11.9. The molecule has 6 heteroatoms. The van der Waals surface area contributed by atoms with Gasteiger partial charge in [-0.05, 0) is 44.9 Å². The molecule has 0 aromatic heterocycles. The second-order valence-electron chi connectivity index (χ2n) is 11.8. The summed E-state index contributed by atoms with van der Waals surface area (Å²) in [6, 6.07) is 0. The fourth-order valence-corrected chi connectivity index (χ4v) is 4.62. The number of rotatable bonds is 31. The highest BCUT2D eigenvalue weighted by Crippen LogP contribution is 2.13. The van der Waals surface area contributed by atoms with Crippen LogP contribution in [0, 0.1) is 0 Å². The van der Waals surface area contributed by atoms with E-state index in [1.165, 1.54) is 64.2 Å². The molecule has 2 atom stereocenters. The van der Waals surface area contributed by atoms with E-state index in [0.717, 1.165) is 44.9 Å². The molecule has 0 saturated carbocycles. The van der Waals surface area contributed by atoms with Crippen LogP contribution in [0.15, 0.2) is 60.8 Å². The summed E-state index contributed by atoms with van der Waals surface area (Å²) in [5.41, 5.74) is 0. The summed E-state index contributed by atoms with van der Waals surface area (Å²) in [6.07, 6.45) is 40.2. The van der Waals surface area contributed by atoms with Crippen LogP contribution in [0.4, 0.5) is 0 Å². The molecule has 0 aliphatic carbocycles. The van der Waals surface area contributed by atoms with Crippen LogP contribution >= 0.6 is 0 Å². The molecule has 0 radical (unpaired) electrons. The Kier molecular flexibility index (Phi) is 32.6. The van der Waals surface area contributed by atoms with Gasteiger partial charge in [-0.2, -0.15) is 0 Å². The van der Waals surface area contributed by atoms with Crippen LogP contribution in [0.3, 0.4) is 0 Å². The highest BCUT2D eigenvalue weighted by molar-refractivity contribution is 5.69. The summed E-state index contributed by atoms with van der Waals surface area (Å²) in [6.45, 7) is 4.05. The zero-order valence-electron chi connectivity index (χ0n) is 28.7. The van der Waals surface area contributed by atoms with Crippen molar-refractivity contribution in [1.29, 1.82) is 0 Å². The standard InChI is InChI=1S/C39H66O6/c1-3-5-7-9-11-12-13-14-15-16-20-24-28-32-38(42)44-34-37(41)35-45-39(43)33-29-25-21-18-17-19-23-27-31-36(40)30-26-22-10-8-6-4-2/h6,8,18-19,21-23,26-27,31,36-37,40-41H,3-5,7,9-17,20,24-25,28-30,32-35H2,1-2H3/b8-6-,21-18-,23-19-,26-22-,31-27+/t36?,37-/m1/s1. The first-order valence-electron chi connectivity index (χ1n) is 17.9. The first-order chi connectivity index (χ1) is 22.0. The Morgan fingerprint density at radius 3 is 1.69 bits per heavy atom. The lowest BCUT2D eigenvalue weighted by Gasteiger charge is -2.12. The number of unbranched alkanes of at least 4 members (excludes halogenated alkanes) is 13. The first kappa shape index (κ1) is 42.6. The summed E-state index contributed by atoms with van der Waals surface area (Å²) in [4.78, 5) is 23.8. The maximum atomic E-state index is 11.9. The predicted molar refractivity (Wildman–Crippen MR) is 188 cm³/mol. The molecule has 0 heterocycles. The molecule has 2 N–H and O–H groups in total. The van der Waals surface area contributed by atoms with Crippen molar-refractivity contribution in [3.63, 3.8) is 0 Å². The summed E-state index contributed by atoms with van der Waals surface area (Å²) in [5.74, 6) is -0.672. The van der Waals surface area contributed by atoms with Gasteiger partial charge in [-0.3, -0.25) is 9.59 Å². The molecule has 0 bridgehead atoms. The fourth-order valence-electron chi connectivity index (χ4n) is 4.62. The van der Waals surface area contributed by atoms with Gasteiger partial charge in [-0.25, -0.2) is 0 Å². The summed E-state index contributed by atoms with van der Waals surface area (Å²) >= 11 is 0. The number of hydrogen-bond donors (Lipinski definition) is 2. The van der Waals surface area contributed by atoms with Crippen LogP contribution in [0.1, 0.15) is 149 Å². The molecule has 45 heavy (non-hydrogen) atoms. The van der Waals surface area contributed by atoms with Gasteiger partial charge < -0.3 is 19.7 Å². The molecule has 0 aromatic carbocycles. The largest absolute Gasteiger partial charge is 0.463 e. The molecule has 0 saturated heterocycles. The molecular formula is C39H66O6. The van der Waals surface area contributed by atoms with Gasteiger partial charge in [0.15, 0.2) is 0 Å². The summed E-state index contributed by atoms with van der Waals surface area (Å²) < 4.78 is 10.2. The molecular weight excluding hydrogens is 564 g/mol. The van der Waals surface area contributed by atoms with Crippen molar-refractivity contribution in [1.82, 2.24) is 0 Å². The van der Waals surface area contributed by atoms with Crippen molar-refractivity contribution in [2.24, 2.45) is 0 Å². The van der Waals surface area contributed by atoms with Crippen LogP contribution in [-0.4, -0.2) is 47.6 Å². The monoisotopic (exact) mass is 630 g/mol. The van der Waals surface area contributed by atoms with E-state index in [9.17, 15) is 19.8 Å². The van der Waals surface area contributed by atoms with Crippen LogP contribution in [0.25, 0.3) is 0 Å². The number of carbonyl (C=O) groups is 2. The summed E-state index contributed by atoms with van der Waals surface area (Å²) in [5, 5.41) is 19.9. The van der Waals surface area contributed by atoms with Crippen LogP contribution < -0.4 is 0 Å². The van der Waals surface area contributed by atoms with Crippen molar-refractivity contribution in [3.8, 4) is 0 Å². The van der Waals surface area contributed by atoms with Gasteiger partial charge in [-0.1, -0.05) is 152 Å². The average Bonchev–Trinajstić information content (AvgIpc) is 3.03. The van der Waals surface area contributed by atoms with Gasteiger partial charge in [0.25, 0.3) is 0 Å². The Morgan fingerprint density at radius 1 is 0.578 bits per heavy atom. The maximum Gasteiger partial charge on any atom is 0.305 e. The number of allylic oxidation sites excluding steroid dienone is 8. The SMILES string of the molecule is CC/C=C\C/C=C\CC(O)/C=C/C=C\C/C=C\CCCC(=O)OC[C@H](O)COC(=O)CCCCCCCCCCCCCCC. The minimum absolute atomic E-state index is 0.150. The van der Waals surface area contributed by atoms with Gasteiger partial charge >= 0.3 is 11.9 Å². The smallest absolute Gasteiger partial charge is 0.305 e. The van der Waals surface area contributed by atoms with E-state index in [2.05, 4.69) is 32.1 Å². The highest BCUT2D eigenvalue weighted by atomic mass is 16.6. The van der Waals surface area contributed by atoms with Gasteiger partial charge in [0.05, 0.1) is 6.10 Å². The lowest BCUT2D eigenvalue weighted by Crippen LogP contribution is -2.25. The molecule has 0 rings (SSSR count). The minimum atomic E-state index is -1.00. The zero-order valence-corrected chi connectivity index (χ0v) is 28.7. The zero-order chi connectivity index (χ0) is 33.1. The van der Waals surface area contributed by atoms with E-state index in [0.29, 0.717) is 19.3 Å². The summed E-state index contributed by atoms with van der Waals surface area (Å²) in [7, 11) is 0. The third-order valence-corrected chi connectivity index (χ3v) is 7.35. The molecule has 0 aliphatic heterocycles. The lowest BCUT2D eigenvalue weighted by molar-refractivity contribution is -0.152. The highest BCUT2D eigenvalue weighted by Gasteiger charge is 2.12. The quantitative estimate of drug-likeness (QED) is 0.0343. The number of hydrogen-bond acceptors (Lipinski definition) is 6. The van der Waals surface area contributed by atoms with Crippen LogP contribution in [-0.2, 0) is 19.1 Å². The Labute approximate surface area is 275 Å². The van der Waals surface area contributed by atoms with Crippen molar-refractivity contribution in [3.05, 3.63) is 60.8 Å². The van der Waals surface area contributed by atoms with Gasteiger partial charge in [-0.15, -0.1) is 0 Å². The van der Waals surface area contributed by atoms with E-state index >= 15 is 0 Å². The number of esters is 2. The van der Waals surface area contributed by atoms with Gasteiger partial charge in [0.2, 0.25) is 0 Å². The van der Waals surface area contributed by atoms with Crippen molar-refractivity contribution in [2.45, 2.75) is 161 Å². The second kappa shape index (κ2) is 34.4. The van der Waals surface area contributed by atoms with E-state index in [-0.39, 0.29) is 31.6 Å². The Balaban J connectivity index is 3.64. The number of aliphatic hydroxyl groups excluding tert-OH is 2. The number of aliphatic hydroxyl groups is 2. The Hall–Kier alpha value is -2.44. The predicted octanol–water partition coefficient (Wildman–Crippen LogP) is 9.81. The number of ether oxygens (including phenoxy) is 2. The molecule has 0 aliphatic rings. The van der Waals surface area contributed by atoms with Gasteiger partial charge in [0.1, 0.15) is 19.3 Å². The van der Waals surface area contributed by atoms with Crippen molar-refractivity contribution in [2.75, 3.05) is 13.2 Å². The molecule has 0 amide bonds. The van der Waals surface area contributed by atoms with Crippen molar-refractivity contribution >= 4 is 11.9 Å². The molecule has 6 nitrogen and oxygen atoms in total. The fraction of sp³-hybridized carbons (Fsp3) is 0.692. The molecule has 0 spiro atoms. The molecule has 0 fully saturated rings. The van der Waals surface area contributed by atoms with Crippen LogP contribution in [0.5, 0.6) is 0 Å². The normalized spacial score (nSPS) is 13.6. The van der Waals surface area contributed by atoms with E-state index in [1.54, 1.807) is 6.08 Å². The third kappa shape index (κ3) is 34.3. The molecule has 0 aromatic rings. The molecule has 1 unspecified atom stereocenters. The average molecular weight is 631 g/mol. The Morgan fingerprint density at radius 2 is 1.09 bits per heavy atom. The minimum Gasteiger partial charge on any atom is -0.463 e. The number of carbonyl (C=O) groups excluding carboxylic acids is 2. The Bertz CT molecular complexity index is 825. The van der Waals surface area contributed by atoms with Gasteiger partial charge in [0, 0.05) is 12.8 Å². The van der Waals surface area contributed by atoms with E-state index in [1.807, 2.05) is 36.5 Å². The first-order valence-corrected chi connectivity index (χ1v) is 17.9.